The monoisotopic (exact) mass is 679 g/mol. The number of ether oxygens (including phenoxy) is 1. The van der Waals surface area contributed by atoms with Crippen LogP contribution in [0.25, 0.3) is 0 Å². The zero-order valence-electron chi connectivity index (χ0n) is 29.0. The number of allylic oxidation sites excluding steroid dienone is 5. The molecule has 0 saturated carbocycles. The summed E-state index contributed by atoms with van der Waals surface area (Å²) in [5.41, 5.74) is 5.16. The van der Waals surface area contributed by atoms with E-state index in [0.29, 0.717) is 54.5 Å². The third-order valence-electron chi connectivity index (χ3n) is 9.79. The summed E-state index contributed by atoms with van der Waals surface area (Å²) in [5.74, 6) is -0.298. The molecule has 0 fully saturated rings. The normalized spacial score (nSPS) is 19.0. The Morgan fingerprint density at radius 3 is 1.92 bits per heavy atom. The molecular weight excluding hydrogens is 635 g/mol. The van der Waals surface area contributed by atoms with Gasteiger partial charge in [0.25, 0.3) is 0 Å². The lowest BCUT2D eigenvalue weighted by Gasteiger charge is -2.49. The van der Waals surface area contributed by atoms with E-state index in [1.54, 1.807) is 30.3 Å². The molecule has 3 aromatic carbocycles. The van der Waals surface area contributed by atoms with Gasteiger partial charge in [0.2, 0.25) is 0 Å². The molecule has 0 unspecified atom stereocenters. The van der Waals surface area contributed by atoms with Crippen molar-refractivity contribution in [1.82, 2.24) is 4.90 Å². The standard InChI is InChI=1S/C41H45NO6S/c1-7-14-28-21-29(22-35(47-6)39(28)48-49(45,46)30-17-12-9-13-18-30)36-37-31(23-40(2,3)25-33(37)43)42(20-19-27-15-10-8-11-16-27)32-24-41(4,5)26-34(44)38(32)36/h7-13,15-18,21-22,36H,1,14,19-20,23-26H2,2-6H3. The largest absolute Gasteiger partial charge is 0.493 e. The van der Waals surface area contributed by atoms with E-state index in [9.17, 15) is 18.0 Å². The molecule has 256 valence electrons. The van der Waals surface area contributed by atoms with Crippen LogP contribution in [-0.4, -0.2) is 38.5 Å². The van der Waals surface area contributed by atoms with Gasteiger partial charge in [0.05, 0.1) is 7.11 Å². The lowest BCUT2D eigenvalue weighted by Crippen LogP contribution is -2.45. The molecule has 8 heteroatoms. The van der Waals surface area contributed by atoms with E-state index in [4.69, 9.17) is 8.92 Å². The quantitative estimate of drug-likeness (QED) is 0.158. The summed E-state index contributed by atoms with van der Waals surface area (Å²) in [4.78, 5) is 31.0. The van der Waals surface area contributed by atoms with Gasteiger partial charge in [0.1, 0.15) is 4.90 Å². The van der Waals surface area contributed by atoms with Gasteiger partial charge in [-0.15, -0.1) is 6.58 Å². The van der Waals surface area contributed by atoms with Crippen molar-refractivity contribution in [3.8, 4) is 11.5 Å². The molecule has 1 heterocycles. The number of carbonyl (C=O) groups excluding carboxylic acids is 2. The lowest BCUT2D eigenvalue weighted by molar-refractivity contribution is -0.119. The van der Waals surface area contributed by atoms with Gasteiger partial charge in [0, 0.05) is 53.4 Å². The van der Waals surface area contributed by atoms with Crippen LogP contribution in [0.2, 0.25) is 0 Å². The Labute approximate surface area is 290 Å². The number of hydrogen-bond donors (Lipinski definition) is 0. The molecule has 0 radical (unpaired) electrons. The van der Waals surface area contributed by atoms with Crippen LogP contribution in [0.5, 0.6) is 11.5 Å². The fourth-order valence-corrected chi connectivity index (χ4v) is 8.68. The van der Waals surface area contributed by atoms with Crippen molar-refractivity contribution in [2.45, 2.75) is 77.0 Å². The predicted molar refractivity (Wildman–Crippen MR) is 191 cm³/mol. The molecule has 0 N–H and O–H groups in total. The van der Waals surface area contributed by atoms with Gasteiger partial charge in [-0.2, -0.15) is 8.42 Å². The van der Waals surface area contributed by atoms with Crippen LogP contribution >= 0.6 is 0 Å². The Morgan fingerprint density at radius 2 is 1.39 bits per heavy atom. The van der Waals surface area contributed by atoms with Gasteiger partial charge in [-0.05, 0) is 65.8 Å². The number of methoxy groups -OCH3 is 1. The summed E-state index contributed by atoms with van der Waals surface area (Å²) < 4.78 is 38.3. The average Bonchev–Trinajstić information content (AvgIpc) is 3.04. The van der Waals surface area contributed by atoms with Gasteiger partial charge in [-0.25, -0.2) is 0 Å². The second kappa shape index (κ2) is 13.1. The third kappa shape index (κ3) is 6.89. The average molecular weight is 680 g/mol. The van der Waals surface area contributed by atoms with Crippen molar-refractivity contribution < 1.29 is 26.9 Å². The van der Waals surface area contributed by atoms with Crippen molar-refractivity contribution >= 4 is 21.7 Å². The molecule has 0 amide bonds. The molecule has 2 aliphatic carbocycles. The number of hydrogen-bond acceptors (Lipinski definition) is 7. The molecule has 0 atom stereocenters. The molecule has 6 rings (SSSR count). The summed E-state index contributed by atoms with van der Waals surface area (Å²) in [7, 11) is -2.73. The molecule has 1 aliphatic heterocycles. The van der Waals surface area contributed by atoms with E-state index in [2.05, 4.69) is 51.3 Å². The van der Waals surface area contributed by atoms with Crippen LogP contribution in [-0.2, 0) is 32.5 Å². The van der Waals surface area contributed by atoms with E-state index in [1.165, 1.54) is 24.8 Å². The second-order valence-electron chi connectivity index (χ2n) is 15.0. The van der Waals surface area contributed by atoms with Crippen LogP contribution in [0.1, 0.15) is 76.0 Å². The van der Waals surface area contributed by atoms with Crippen molar-refractivity contribution in [3.05, 3.63) is 125 Å². The molecule has 0 aromatic heterocycles. The van der Waals surface area contributed by atoms with E-state index < -0.39 is 16.0 Å². The van der Waals surface area contributed by atoms with Crippen LogP contribution in [0.3, 0.4) is 0 Å². The molecule has 3 aliphatic rings. The first-order valence-corrected chi connectivity index (χ1v) is 18.3. The Balaban J connectivity index is 1.55. The topological polar surface area (TPSA) is 90.0 Å². The minimum absolute atomic E-state index is 0.0176. The minimum atomic E-state index is -4.19. The minimum Gasteiger partial charge on any atom is -0.493 e. The first-order valence-electron chi connectivity index (χ1n) is 16.9. The summed E-state index contributed by atoms with van der Waals surface area (Å²) in [6, 6.07) is 21.8. The van der Waals surface area contributed by atoms with Gasteiger partial charge < -0.3 is 13.8 Å². The Kier molecular flexibility index (Phi) is 9.22. The number of nitrogens with zero attached hydrogens (tertiary/aromatic N) is 1. The summed E-state index contributed by atoms with van der Waals surface area (Å²) in [5, 5.41) is 0. The van der Waals surface area contributed by atoms with Gasteiger partial charge in [-0.3, -0.25) is 9.59 Å². The number of rotatable bonds is 10. The van der Waals surface area contributed by atoms with Crippen LogP contribution in [0.4, 0.5) is 0 Å². The Morgan fingerprint density at radius 1 is 0.837 bits per heavy atom. The van der Waals surface area contributed by atoms with E-state index >= 15 is 0 Å². The number of carbonyl (C=O) groups is 2. The van der Waals surface area contributed by atoms with Crippen molar-refractivity contribution in [3.63, 3.8) is 0 Å². The highest BCUT2D eigenvalue weighted by Crippen LogP contribution is 2.55. The van der Waals surface area contributed by atoms with Gasteiger partial charge in [0.15, 0.2) is 23.1 Å². The molecule has 49 heavy (non-hydrogen) atoms. The zero-order chi connectivity index (χ0) is 35.1. The molecule has 3 aromatic rings. The first-order chi connectivity index (χ1) is 23.2. The molecular formula is C41H45NO6S. The SMILES string of the molecule is C=CCc1cc(C2C3=C(CC(C)(C)CC3=O)N(CCc3ccccc3)C3=C2C(=O)CC(C)(C)C3)cc(OC)c1OS(=O)(=O)c1ccccc1. The van der Waals surface area contributed by atoms with Gasteiger partial charge in [-0.1, -0.05) is 88.4 Å². The second-order valence-corrected chi connectivity index (χ2v) is 16.5. The van der Waals surface area contributed by atoms with Crippen molar-refractivity contribution in [2.24, 2.45) is 10.8 Å². The predicted octanol–water partition coefficient (Wildman–Crippen LogP) is 8.12. The molecule has 0 saturated heterocycles. The van der Waals surface area contributed by atoms with Crippen molar-refractivity contribution in [2.75, 3.05) is 13.7 Å². The smallest absolute Gasteiger partial charge is 0.339 e. The number of benzene rings is 3. The lowest BCUT2D eigenvalue weighted by atomic mass is 9.63. The summed E-state index contributed by atoms with van der Waals surface area (Å²) >= 11 is 0. The summed E-state index contributed by atoms with van der Waals surface area (Å²) in [6.45, 7) is 13.1. The zero-order valence-corrected chi connectivity index (χ0v) is 29.9. The van der Waals surface area contributed by atoms with Gasteiger partial charge >= 0.3 is 10.1 Å². The number of ketones is 2. The fraction of sp³-hybridized carbons (Fsp3) is 0.366. The summed E-state index contributed by atoms with van der Waals surface area (Å²) in [6.07, 6.45) is 4.83. The van der Waals surface area contributed by atoms with E-state index in [0.717, 1.165) is 17.8 Å². The fourth-order valence-electron chi connectivity index (χ4n) is 7.69. The van der Waals surface area contributed by atoms with Crippen LogP contribution < -0.4 is 8.92 Å². The van der Waals surface area contributed by atoms with E-state index in [1.807, 2.05) is 24.3 Å². The van der Waals surface area contributed by atoms with Crippen molar-refractivity contribution in [1.29, 1.82) is 0 Å². The maximum Gasteiger partial charge on any atom is 0.339 e. The molecule has 7 nitrogen and oxygen atoms in total. The van der Waals surface area contributed by atoms with Crippen LogP contribution in [0, 0.1) is 10.8 Å². The maximum absolute atomic E-state index is 14.4. The Hall–Kier alpha value is -4.43. The highest BCUT2D eigenvalue weighted by atomic mass is 32.2. The number of Topliss-reactive ketones (excluding diaryl/α,β-unsaturated/α-hetero) is 2. The molecule has 0 bridgehead atoms. The Bertz CT molecular complexity index is 1920. The van der Waals surface area contributed by atoms with Crippen LogP contribution in [0.15, 0.2) is 113 Å². The molecule has 0 spiro atoms. The highest BCUT2D eigenvalue weighted by molar-refractivity contribution is 7.87. The highest BCUT2D eigenvalue weighted by Gasteiger charge is 2.49. The third-order valence-corrected chi connectivity index (χ3v) is 11.0. The maximum atomic E-state index is 14.4. The first kappa shape index (κ1) is 34.4. The van der Waals surface area contributed by atoms with E-state index in [-0.39, 0.29) is 45.2 Å².